The van der Waals surface area contributed by atoms with Crippen LogP contribution in [0.25, 0.3) is 5.69 Å². The van der Waals surface area contributed by atoms with Crippen LogP contribution >= 0.6 is 11.6 Å². The van der Waals surface area contributed by atoms with E-state index in [0.29, 0.717) is 31.3 Å². The number of carbonyl (C=O) groups excluding carboxylic acids is 2. The van der Waals surface area contributed by atoms with Crippen molar-refractivity contribution in [3.05, 3.63) is 47.2 Å². The Morgan fingerprint density at radius 2 is 2.11 bits per heavy atom. The van der Waals surface area contributed by atoms with E-state index in [1.54, 1.807) is 34.8 Å². The van der Waals surface area contributed by atoms with Gasteiger partial charge in [-0.2, -0.15) is 5.10 Å². The second-order valence-electron chi connectivity index (χ2n) is 6.58. The summed E-state index contributed by atoms with van der Waals surface area (Å²) in [6.45, 7) is 3.59. The fraction of sp³-hybridized carbons (Fsp3) is 0.421. The van der Waals surface area contributed by atoms with Crippen LogP contribution < -0.4 is 10.6 Å². The molecule has 0 aliphatic carbocycles. The van der Waals surface area contributed by atoms with Gasteiger partial charge in [-0.15, -0.1) is 0 Å². The molecule has 1 aromatic carbocycles. The number of hydrogen-bond donors (Lipinski definition) is 2. The van der Waals surface area contributed by atoms with Crippen molar-refractivity contribution in [3.63, 3.8) is 0 Å². The maximum atomic E-state index is 12.5. The molecule has 3 amide bonds. The largest absolute Gasteiger partial charge is 0.450 e. The molecule has 1 fully saturated rings. The van der Waals surface area contributed by atoms with Crippen molar-refractivity contribution in [1.29, 1.82) is 0 Å². The lowest BCUT2D eigenvalue weighted by Gasteiger charge is -2.32. The SMILES string of the molecule is CCOC(=O)NC1CCCN(C(=O)NCc2cnn(-c3ccc(Cl)cc3)c2)C1. The molecule has 3 rings (SSSR count). The predicted molar refractivity (Wildman–Crippen MR) is 106 cm³/mol. The summed E-state index contributed by atoms with van der Waals surface area (Å²) in [7, 11) is 0. The lowest BCUT2D eigenvalue weighted by atomic mass is 10.1. The zero-order valence-electron chi connectivity index (χ0n) is 15.7. The molecule has 0 radical (unpaired) electrons. The minimum Gasteiger partial charge on any atom is -0.450 e. The van der Waals surface area contributed by atoms with Crippen molar-refractivity contribution >= 4 is 23.7 Å². The standard InChI is InChI=1S/C19H24ClN5O3/c1-2-28-19(27)23-16-4-3-9-24(13-16)18(26)21-10-14-11-22-25(12-14)17-7-5-15(20)6-8-17/h5-8,11-12,16H,2-4,9-10,13H2,1H3,(H,21,26)(H,23,27). The summed E-state index contributed by atoms with van der Waals surface area (Å²) in [6.07, 6.45) is 4.81. The van der Waals surface area contributed by atoms with Gasteiger partial charge in [0.25, 0.3) is 0 Å². The summed E-state index contributed by atoms with van der Waals surface area (Å²) in [5.41, 5.74) is 1.78. The van der Waals surface area contributed by atoms with E-state index in [-0.39, 0.29) is 12.1 Å². The first-order valence-corrected chi connectivity index (χ1v) is 9.68. The molecule has 28 heavy (non-hydrogen) atoms. The molecule has 1 saturated heterocycles. The predicted octanol–water partition coefficient (Wildman–Crippen LogP) is 2.95. The van der Waals surface area contributed by atoms with Gasteiger partial charge in [0.05, 0.1) is 18.5 Å². The molecule has 1 aliphatic rings. The minimum atomic E-state index is -0.440. The Bertz CT molecular complexity index is 808. The number of ether oxygens (including phenoxy) is 1. The highest BCUT2D eigenvalue weighted by atomic mass is 35.5. The van der Waals surface area contributed by atoms with Crippen LogP contribution in [0, 0.1) is 0 Å². The number of halogens is 1. The van der Waals surface area contributed by atoms with Crippen LogP contribution in [0.2, 0.25) is 5.02 Å². The number of urea groups is 1. The molecule has 1 aromatic heterocycles. The third-order valence-corrected chi connectivity index (χ3v) is 4.73. The maximum Gasteiger partial charge on any atom is 0.407 e. The maximum absolute atomic E-state index is 12.5. The Kier molecular flexibility index (Phi) is 6.76. The summed E-state index contributed by atoms with van der Waals surface area (Å²) in [6, 6.07) is 7.11. The summed E-state index contributed by atoms with van der Waals surface area (Å²) < 4.78 is 6.64. The molecule has 1 atom stereocenters. The lowest BCUT2D eigenvalue weighted by Crippen LogP contribution is -2.52. The molecule has 0 spiro atoms. The van der Waals surface area contributed by atoms with Gasteiger partial charge in [-0.1, -0.05) is 11.6 Å². The van der Waals surface area contributed by atoms with Gasteiger partial charge in [-0.25, -0.2) is 14.3 Å². The van der Waals surface area contributed by atoms with E-state index < -0.39 is 6.09 Å². The Balaban J connectivity index is 1.50. The van der Waals surface area contributed by atoms with E-state index in [4.69, 9.17) is 16.3 Å². The molecule has 1 aliphatic heterocycles. The molecule has 8 nitrogen and oxygen atoms in total. The van der Waals surface area contributed by atoms with Crippen molar-refractivity contribution in [1.82, 2.24) is 25.3 Å². The lowest BCUT2D eigenvalue weighted by molar-refractivity contribution is 0.135. The molecule has 2 heterocycles. The van der Waals surface area contributed by atoms with Gasteiger partial charge >= 0.3 is 12.1 Å². The van der Waals surface area contributed by atoms with Crippen LogP contribution in [0.15, 0.2) is 36.7 Å². The Morgan fingerprint density at radius 1 is 1.32 bits per heavy atom. The van der Waals surface area contributed by atoms with Gasteiger partial charge in [0.15, 0.2) is 0 Å². The molecule has 2 N–H and O–H groups in total. The molecule has 9 heteroatoms. The third-order valence-electron chi connectivity index (χ3n) is 4.48. The monoisotopic (exact) mass is 405 g/mol. The molecular weight excluding hydrogens is 382 g/mol. The number of benzene rings is 1. The molecule has 2 aromatic rings. The van der Waals surface area contributed by atoms with Crippen molar-refractivity contribution in [2.75, 3.05) is 19.7 Å². The fourth-order valence-corrected chi connectivity index (χ4v) is 3.22. The average molecular weight is 406 g/mol. The van der Waals surface area contributed by atoms with Crippen LogP contribution in [0.3, 0.4) is 0 Å². The van der Waals surface area contributed by atoms with E-state index in [0.717, 1.165) is 24.1 Å². The molecular formula is C19H24ClN5O3. The number of nitrogens with one attached hydrogen (secondary N) is 2. The number of carbonyl (C=O) groups is 2. The summed E-state index contributed by atoms with van der Waals surface area (Å²) >= 11 is 5.90. The smallest absolute Gasteiger partial charge is 0.407 e. The Hall–Kier alpha value is -2.74. The second-order valence-corrected chi connectivity index (χ2v) is 7.01. The van der Waals surface area contributed by atoms with E-state index in [1.165, 1.54) is 0 Å². The van der Waals surface area contributed by atoms with Gasteiger partial charge in [-0.05, 0) is 44.0 Å². The summed E-state index contributed by atoms with van der Waals surface area (Å²) in [5, 5.41) is 10.7. The van der Waals surface area contributed by atoms with Crippen LogP contribution in [0.5, 0.6) is 0 Å². The second kappa shape index (κ2) is 9.45. The van der Waals surface area contributed by atoms with Crippen LogP contribution in [-0.2, 0) is 11.3 Å². The molecule has 0 saturated carbocycles. The fourth-order valence-electron chi connectivity index (χ4n) is 3.09. The number of aromatic nitrogens is 2. The van der Waals surface area contributed by atoms with Gasteiger partial charge in [0.1, 0.15) is 0 Å². The van der Waals surface area contributed by atoms with Crippen LogP contribution in [-0.4, -0.2) is 52.5 Å². The summed E-state index contributed by atoms with van der Waals surface area (Å²) in [4.78, 5) is 25.8. The van der Waals surface area contributed by atoms with Gasteiger partial charge in [-0.3, -0.25) is 0 Å². The average Bonchev–Trinajstić information content (AvgIpc) is 3.16. The van der Waals surface area contributed by atoms with Crippen molar-refractivity contribution in [3.8, 4) is 5.69 Å². The van der Waals surface area contributed by atoms with Crippen LogP contribution in [0.1, 0.15) is 25.3 Å². The van der Waals surface area contributed by atoms with E-state index in [9.17, 15) is 9.59 Å². The summed E-state index contributed by atoms with van der Waals surface area (Å²) in [5.74, 6) is 0. The number of hydrogen-bond acceptors (Lipinski definition) is 4. The first-order valence-electron chi connectivity index (χ1n) is 9.30. The van der Waals surface area contributed by atoms with Crippen molar-refractivity contribution in [2.45, 2.75) is 32.4 Å². The van der Waals surface area contributed by atoms with Crippen LogP contribution in [0.4, 0.5) is 9.59 Å². The number of piperidine rings is 1. The Labute approximate surface area is 168 Å². The van der Waals surface area contributed by atoms with Gasteiger partial charge < -0.3 is 20.3 Å². The highest BCUT2D eigenvalue weighted by molar-refractivity contribution is 6.30. The zero-order valence-corrected chi connectivity index (χ0v) is 16.5. The zero-order chi connectivity index (χ0) is 19.9. The Morgan fingerprint density at radius 3 is 2.86 bits per heavy atom. The van der Waals surface area contributed by atoms with E-state index in [1.807, 2.05) is 18.3 Å². The molecule has 1 unspecified atom stereocenters. The van der Waals surface area contributed by atoms with Gasteiger partial charge in [0, 0.05) is 42.5 Å². The first kappa shape index (κ1) is 20.0. The number of alkyl carbamates (subject to hydrolysis) is 1. The highest BCUT2D eigenvalue weighted by Gasteiger charge is 2.25. The number of likely N-dealkylation sites (tertiary alicyclic amines) is 1. The quantitative estimate of drug-likeness (QED) is 0.800. The number of nitrogens with zero attached hydrogens (tertiary/aromatic N) is 3. The third kappa shape index (κ3) is 5.39. The molecule has 0 bridgehead atoms. The normalized spacial score (nSPS) is 16.5. The first-order chi connectivity index (χ1) is 13.5. The highest BCUT2D eigenvalue weighted by Crippen LogP contribution is 2.14. The topological polar surface area (TPSA) is 88.5 Å². The number of amides is 3. The van der Waals surface area contributed by atoms with Crippen molar-refractivity contribution in [2.24, 2.45) is 0 Å². The van der Waals surface area contributed by atoms with Gasteiger partial charge in [0.2, 0.25) is 0 Å². The van der Waals surface area contributed by atoms with E-state index in [2.05, 4.69) is 15.7 Å². The van der Waals surface area contributed by atoms with Crippen molar-refractivity contribution < 1.29 is 14.3 Å². The number of rotatable bonds is 5. The minimum absolute atomic E-state index is 0.0915. The van der Waals surface area contributed by atoms with E-state index >= 15 is 0 Å². The molecule has 150 valence electrons.